The van der Waals surface area contributed by atoms with Crippen molar-refractivity contribution in [2.75, 3.05) is 32.7 Å². The Morgan fingerprint density at radius 3 is 2.35 bits per heavy atom. The number of hydrogen-bond donors (Lipinski definition) is 0. The Labute approximate surface area is 182 Å². The molecule has 2 aliphatic rings. The van der Waals surface area contributed by atoms with E-state index < -0.39 is 16.1 Å². The molecular weight excluding hydrogens is 418 g/mol. The van der Waals surface area contributed by atoms with Gasteiger partial charge in [0.15, 0.2) is 5.76 Å². The summed E-state index contributed by atoms with van der Waals surface area (Å²) in [7, 11) is -3.45. The second kappa shape index (κ2) is 9.23. The van der Waals surface area contributed by atoms with E-state index >= 15 is 0 Å². The monoisotopic (exact) mass is 445 g/mol. The van der Waals surface area contributed by atoms with Gasteiger partial charge in [-0.25, -0.2) is 8.42 Å². The molecule has 1 aromatic heterocycles. The van der Waals surface area contributed by atoms with E-state index in [1.165, 1.54) is 10.6 Å². The quantitative estimate of drug-likeness (QED) is 0.702. The molecule has 8 nitrogen and oxygen atoms in total. The lowest BCUT2D eigenvalue weighted by atomic mass is 10.00. The molecule has 2 saturated heterocycles. The smallest absolute Gasteiger partial charge is 0.290 e. The highest BCUT2D eigenvalue weighted by molar-refractivity contribution is 7.88. The number of amides is 2. The highest BCUT2D eigenvalue weighted by Gasteiger charge is 2.38. The van der Waals surface area contributed by atoms with Crippen molar-refractivity contribution < 1.29 is 22.4 Å². The van der Waals surface area contributed by atoms with Gasteiger partial charge in [-0.15, -0.1) is 0 Å². The number of piperidine rings is 1. The van der Waals surface area contributed by atoms with E-state index in [-0.39, 0.29) is 36.4 Å². The summed E-state index contributed by atoms with van der Waals surface area (Å²) in [6, 6.07) is 11.8. The van der Waals surface area contributed by atoms with Crippen molar-refractivity contribution in [3.8, 4) is 0 Å². The zero-order valence-corrected chi connectivity index (χ0v) is 18.2. The van der Waals surface area contributed by atoms with E-state index in [0.717, 1.165) is 18.4 Å². The lowest BCUT2D eigenvalue weighted by molar-refractivity contribution is -0.138. The van der Waals surface area contributed by atoms with Gasteiger partial charge >= 0.3 is 0 Å². The lowest BCUT2D eigenvalue weighted by Gasteiger charge is -2.40. The van der Waals surface area contributed by atoms with Crippen LogP contribution in [0.4, 0.5) is 0 Å². The molecule has 31 heavy (non-hydrogen) atoms. The van der Waals surface area contributed by atoms with Crippen LogP contribution in [0.2, 0.25) is 0 Å². The molecule has 4 rings (SSSR count). The van der Waals surface area contributed by atoms with Crippen LogP contribution in [0.25, 0.3) is 0 Å². The minimum atomic E-state index is -3.45. The number of likely N-dealkylation sites (tertiary alicyclic amines) is 1. The summed E-state index contributed by atoms with van der Waals surface area (Å²) < 4.78 is 32.2. The van der Waals surface area contributed by atoms with Crippen LogP contribution in [0, 0.1) is 0 Å². The Morgan fingerprint density at radius 1 is 0.935 bits per heavy atom. The van der Waals surface area contributed by atoms with Crippen LogP contribution in [-0.4, -0.2) is 73.1 Å². The van der Waals surface area contributed by atoms with Crippen LogP contribution in [0.3, 0.4) is 0 Å². The average Bonchev–Trinajstić information content (AvgIpc) is 3.34. The van der Waals surface area contributed by atoms with E-state index in [2.05, 4.69) is 0 Å². The summed E-state index contributed by atoms with van der Waals surface area (Å²) >= 11 is 0. The van der Waals surface area contributed by atoms with Crippen LogP contribution < -0.4 is 0 Å². The van der Waals surface area contributed by atoms with Crippen molar-refractivity contribution in [1.29, 1.82) is 0 Å². The highest BCUT2D eigenvalue weighted by atomic mass is 32.2. The Balaban J connectivity index is 1.38. The fourth-order valence-corrected chi connectivity index (χ4v) is 5.76. The molecule has 0 saturated carbocycles. The maximum Gasteiger partial charge on any atom is 0.290 e. The third-order valence-electron chi connectivity index (χ3n) is 5.92. The average molecular weight is 446 g/mol. The molecule has 2 fully saturated rings. The van der Waals surface area contributed by atoms with Gasteiger partial charge in [0.2, 0.25) is 15.9 Å². The minimum absolute atomic E-state index is 0.0458. The lowest BCUT2D eigenvalue weighted by Crippen LogP contribution is -2.57. The van der Waals surface area contributed by atoms with E-state index in [0.29, 0.717) is 26.1 Å². The molecule has 0 radical (unpaired) electrons. The van der Waals surface area contributed by atoms with Gasteiger partial charge in [0.25, 0.3) is 5.91 Å². The number of rotatable bonds is 5. The molecule has 166 valence electrons. The summed E-state index contributed by atoms with van der Waals surface area (Å²) in [5.74, 6) is -0.195. The van der Waals surface area contributed by atoms with Crippen LogP contribution in [0.1, 0.15) is 35.4 Å². The molecule has 2 amide bonds. The second-order valence-electron chi connectivity index (χ2n) is 7.95. The first-order valence-corrected chi connectivity index (χ1v) is 12.2. The van der Waals surface area contributed by atoms with Gasteiger partial charge in [0, 0.05) is 32.7 Å². The first-order chi connectivity index (χ1) is 15.0. The number of furan rings is 1. The SMILES string of the molecule is O=C(C1CCCCN1C(=O)c1ccco1)N1CCN(S(=O)(=O)Cc2ccccc2)CC1. The van der Waals surface area contributed by atoms with Crippen LogP contribution >= 0.6 is 0 Å². The zero-order valence-electron chi connectivity index (χ0n) is 17.4. The fraction of sp³-hybridized carbons (Fsp3) is 0.455. The second-order valence-corrected chi connectivity index (χ2v) is 9.92. The molecule has 0 bridgehead atoms. The summed E-state index contributed by atoms with van der Waals surface area (Å²) in [6.45, 7) is 1.69. The van der Waals surface area contributed by atoms with Crippen molar-refractivity contribution in [3.63, 3.8) is 0 Å². The summed E-state index contributed by atoms with van der Waals surface area (Å²) in [4.78, 5) is 29.3. The Kier molecular flexibility index (Phi) is 6.43. The highest BCUT2D eigenvalue weighted by Crippen LogP contribution is 2.23. The third kappa shape index (κ3) is 4.83. The van der Waals surface area contributed by atoms with Gasteiger partial charge < -0.3 is 14.2 Å². The van der Waals surface area contributed by atoms with E-state index in [9.17, 15) is 18.0 Å². The number of carbonyl (C=O) groups excluding carboxylic acids is 2. The fourth-order valence-electron chi connectivity index (χ4n) is 4.25. The van der Waals surface area contributed by atoms with Gasteiger partial charge in [-0.3, -0.25) is 9.59 Å². The van der Waals surface area contributed by atoms with E-state index in [1.807, 2.05) is 18.2 Å². The van der Waals surface area contributed by atoms with Crippen molar-refractivity contribution in [2.45, 2.75) is 31.1 Å². The Bertz CT molecular complexity index is 999. The van der Waals surface area contributed by atoms with Gasteiger partial charge in [-0.2, -0.15) is 4.31 Å². The number of nitrogens with zero attached hydrogens (tertiary/aromatic N) is 3. The van der Waals surface area contributed by atoms with Gasteiger partial charge in [0.1, 0.15) is 6.04 Å². The van der Waals surface area contributed by atoms with Crippen molar-refractivity contribution in [2.24, 2.45) is 0 Å². The maximum absolute atomic E-state index is 13.2. The first-order valence-electron chi connectivity index (χ1n) is 10.6. The molecule has 1 aromatic carbocycles. The van der Waals surface area contributed by atoms with Gasteiger partial charge in [-0.1, -0.05) is 30.3 Å². The number of carbonyl (C=O) groups is 2. The minimum Gasteiger partial charge on any atom is -0.459 e. The molecule has 0 spiro atoms. The predicted molar refractivity (Wildman–Crippen MR) is 115 cm³/mol. The summed E-state index contributed by atoms with van der Waals surface area (Å²) in [5.41, 5.74) is 0.746. The summed E-state index contributed by atoms with van der Waals surface area (Å²) in [5, 5.41) is 0. The number of hydrogen-bond acceptors (Lipinski definition) is 5. The van der Waals surface area contributed by atoms with Crippen LogP contribution in [0.15, 0.2) is 53.1 Å². The number of sulfonamides is 1. The predicted octanol–water partition coefficient (Wildman–Crippen LogP) is 1.95. The molecular formula is C22H27N3O5S. The maximum atomic E-state index is 13.2. The first kappa shape index (κ1) is 21.6. The molecule has 3 heterocycles. The largest absolute Gasteiger partial charge is 0.459 e. The number of benzene rings is 1. The zero-order chi connectivity index (χ0) is 21.8. The van der Waals surface area contributed by atoms with Crippen molar-refractivity contribution in [1.82, 2.24) is 14.1 Å². The third-order valence-corrected chi connectivity index (χ3v) is 7.77. The summed E-state index contributed by atoms with van der Waals surface area (Å²) in [6.07, 6.45) is 3.78. The van der Waals surface area contributed by atoms with Crippen molar-refractivity contribution in [3.05, 3.63) is 60.1 Å². The Hall–Kier alpha value is -2.65. The molecule has 1 unspecified atom stereocenters. The molecule has 0 N–H and O–H groups in total. The molecule has 2 aliphatic heterocycles. The molecule has 0 aliphatic carbocycles. The molecule has 2 aromatic rings. The topological polar surface area (TPSA) is 91.1 Å². The van der Waals surface area contributed by atoms with Crippen molar-refractivity contribution >= 4 is 21.8 Å². The van der Waals surface area contributed by atoms with E-state index in [1.54, 1.807) is 34.1 Å². The molecule has 1 atom stereocenters. The van der Waals surface area contributed by atoms with Crippen LogP contribution in [-0.2, 0) is 20.6 Å². The molecule has 9 heteroatoms. The Morgan fingerprint density at radius 2 is 1.68 bits per heavy atom. The standard InChI is InChI=1S/C22H27N3O5S/c26-21(19-9-4-5-11-25(19)22(27)20-10-6-16-30-20)23-12-14-24(15-13-23)31(28,29)17-18-7-2-1-3-8-18/h1-3,6-8,10,16,19H,4-5,9,11-15,17H2. The van der Waals surface area contributed by atoms with Gasteiger partial charge in [0.05, 0.1) is 12.0 Å². The normalized spacial score (nSPS) is 20.6. The number of piperazine rings is 1. The van der Waals surface area contributed by atoms with Gasteiger partial charge in [-0.05, 0) is 37.0 Å². The van der Waals surface area contributed by atoms with Crippen LogP contribution in [0.5, 0.6) is 0 Å². The van der Waals surface area contributed by atoms with E-state index in [4.69, 9.17) is 4.42 Å².